The molecule has 2 saturated heterocycles. The Morgan fingerprint density at radius 3 is 2.62 bits per heavy atom. The van der Waals surface area contributed by atoms with E-state index in [2.05, 4.69) is 6.92 Å². The summed E-state index contributed by atoms with van der Waals surface area (Å²) < 4.78 is 5.13. The summed E-state index contributed by atoms with van der Waals surface area (Å²) in [7, 11) is 0. The zero-order valence-corrected chi connectivity index (χ0v) is 14.8. The lowest BCUT2D eigenvalue weighted by Crippen LogP contribution is -2.41. The van der Waals surface area contributed by atoms with Gasteiger partial charge in [-0.2, -0.15) is 0 Å². The second-order valence-electron chi connectivity index (χ2n) is 6.84. The first-order chi connectivity index (χ1) is 12.5. The minimum Gasteiger partial charge on any atom is -0.452 e. The predicted octanol–water partition coefficient (Wildman–Crippen LogP) is 1.76. The molecule has 0 unspecified atom stereocenters. The number of carbonyl (C=O) groups excluding carboxylic acids is 4. The first-order valence-electron chi connectivity index (χ1n) is 8.86. The number of hydrogen-bond donors (Lipinski definition) is 0. The van der Waals surface area contributed by atoms with Gasteiger partial charge < -0.3 is 9.64 Å². The second kappa shape index (κ2) is 7.68. The van der Waals surface area contributed by atoms with Gasteiger partial charge in [-0.25, -0.2) is 4.79 Å². The van der Waals surface area contributed by atoms with Crippen LogP contribution in [0, 0.1) is 5.92 Å². The Hall–Kier alpha value is -2.70. The maximum absolute atomic E-state index is 12.2. The summed E-state index contributed by atoms with van der Waals surface area (Å²) in [5, 5.41) is 0. The number of rotatable bonds is 4. The number of anilines is 1. The molecule has 1 atom stereocenters. The molecule has 1 aromatic rings. The van der Waals surface area contributed by atoms with Crippen LogP contribution in [0.2, 0.25) is 0 Å². The maximum Gasteiger partial charge on any atom is 0.338 e. The predicted molar refractivity (Wildman–Crippen MR) is 93.4 cm³/mol. The summed E-state index contributed by atoms with van der Waals surface area (Å²) >= 11 is 0. The molecule has 0 radical (unpaired) electrons. The van der Waals surface area contributed by atoms with E-state index in [1.807, 2.05) is 0 Å². The van der Waals surface area contributed by atoms with Crippen molar-refractivity contribution < 1.29 is 23.9 Å². The van der Waals surface area contributed by atoms with Crippen LogP contribution in [0.25, 0.3) is 0 Å². The lowest BCUT2D eigenvalue weighted by Gasteiger charge is -2.30. The van der Waals surface area contributed by atoms with Gasteiger partial charge >= 0.3 is 5.97 Å². The molecule has 2 aliphatic rings. The van der Waals surface area contributed by atoms with Crippen LogP contribution in [0.15, 0.2) is 24.3 Å². The highest BCUT2D eigenvalue weighted by atomic mass is 16.5. The minimum absolute atomic E-state index is 0.177. The monoisotopic (exact) mass is 358 g/mol. The van der Waals surface area contributed by atoms with Crippen LogP contribution in [0.5, 0.6) is 0 Å². The van der Waals surface area contributed by atoms with E-state index in [1.165, 1.54) is 12.1 Å². The van der Waals surface area contributed by atoms with E-state index in [9.17, 15) is 19.2 Å². The average molecular weight is 358 g/mol. The van der Waals surface area contributed by atoms with E-state index in [-0.39, 0.29) is 42.7 Å². The zero-order valence-electron chi connectivity index (χ0n) is 14.8. The number of likely N-dealkylation sites (tertiary alicyclic amines) is 1. The quantitative estimate of drug-likeness (QED) is 0.605. The molecule has 2 aliphatic heterocycles. The van der Waals surface area contributed by atoms with Gasteiger partial charge in [0.05, 0.1) is 11.3 Å². The van der Waals surface area contributed by atoms with Crippen LogP contribution in [0.3, 0.4) is 0 Å². The summed E-state index contributed by atoms with van der Waals surface area (Å²) in [6, 6.07) is 6.15. The molecule has 0 N–H and O–H groups in total. The molecule has 0 bridgehead atoms. The Morgan fingerprint density at radius 1 is 1.19 bits per heavy atom. The molecule has 3 rings (SSSR count). The third-order valence-corrected chi connectivity index (χ3v) is 4.73. The van der Waals surface area contributed by atoms with Crippen molar-refractivity contribution in [1.29, 1.82) is 0 Å². The van der Waals surface area contributed by atoms with E-state index in [0.717, 1.165) is 17.7 Å². The SMILES string of the molecule is C[C@H]1CCCN(C(=O)COC(=O)c2cccc(N3C(=O)CCC3=O)c2)C1. The average Bonchev–Trinajstić information content (AvgIpc) is 2.98. The Labute approximate surface area is 151 Å². The smallest absolute Gasteiger partial charge is 0.338 e. The van der Waals surface area contributed by atoms with Crippen LogP contribution in [-0.2, 0) is 19.1 Å². The fourth-order valence-electron chi connectivity index (χ4n) is 3.35. The summed E-state index contributed by atoms with van der Waals surface area (Å²) in [5.74, 6) is -0.962. The van der Waals surface area contributed by atoms with Gasteiger partial charge in [-0.3, -0.25) is 19.3 Å². The van der Waals surface area contributed by atoms with E-state index >= 15 is 0 Å². The van der Waals surface area contributed by atoms with Crippen LogP contribution < -0.4 is 4.90 Å². The normalized spacial score (nSPS) is 20.4. The van der Waals surface area contributed by atoms with Crippen molar-refractivity contribution in [2.45, 2.75) is 32.6 Å². The number of amides is 3. The van der Waals surface area contributed by atoms with Gasteiger partial charge in [0.2, 0.25) is 11.8 Å². The van der Waals surface area contributed by atoms with Crippen LogP contribution in [0.4, 0.5) is 5.69 Å². The van der Waals surface area contributed by atoms with Crippen molar-refractivity contribution in [3.8, 4) is 0 Å². The van der Waals surface area contributed by atoms with Crippen molar-refractivity contribution in [3.63, 3.8) is 0 Å². The fraction of sp³-hybridized carbons (Fsp3) is 0.474. The molecule has 2 heterocycles. The van der Waals surface area contributed by atoms with Gasteiger partial charge in [-0.1, -0.05) is 13.0 Å². The maximum atomic E-state index is 12.2. The van der Waals surface area contributed by atoms with Crippen molar-refractivity contribution in [2.24, 2.45) is 5.92 Å². The first kappa shape index (κ1) is 18.1. The molecule has 0 saturated carbocycles. The Kier molecular flexibility index (Phi) is 5.35. The van der Waals surface area contributed by atoms with E-state index < -0.39 is 5.97 Å². The highest BCUT2D eigenvalue weighted by molar-refractivity contribution is 6.20. The summed E-state index contributed by atoms with van der Waals surface area (Å²) in [6.07, 6.45) is 2.41. The lowest BCUT2D eigenvalue weighted by atomic mass is 10.0. The third-order valence-electron chi connectivity index (χ3n) is 4.73. The van der Waals surface area contributed by atoms with Crippen molar-refractivity contribution in [1.82, 2.24) is 4.90 Å². The van der Waals surface area contributed by atoms with E-state index in [4.69, 9.17) is 4.74 Å². The standard InChI is InChI=1S/C19H22N2O5/c1-13-4-3-9-20(11-13)18(24)12-26-19(25)14-5-2-6-15(10-14)21-16(22)7-8-17(21)23/h2,5-6,10,13H,3-4,7-9,11-12H2,1H3/t13-/m0/s1. The fourth-order valence-corrected chi connectivity index (χ4v) is 3.35. The molecule has 7 nitrogen and oxygen atoms in total. The number of benzene rings is 1. The number of nitrogens with zero attached hydrogens (tertiary/aromatic N) is 2. The molecular weight excluding hydrogens is 336 g/mol. The second-order valence-corrected chi connectivity index (χ2v) is 6.84. The Balaban J connectivity index is 1.61. The Bertz CT molecular complexity index is 729. The molecule has 7 heteroatoms. The molecule has 1 aromatic carbocycles. The van der Waals surface area contributed by atoms with E-state index in [1.54, 1.807) is 17.0 Å². The van der Waals surface area contributed by atoms with Crippen LogP contribution in [-0.4, -0.2) is 48.3 Å². The molecule has 3 amide bonds. The molecule has 26 heavy (non-hydrogen) atoms. The summed E-state index contributed by atoms with van der Waals surface area (Å²) in [6.45, 7) is 3.16. The number of piperidine rings is 1. The number of esters is 1. The van der Waals surface area contributed by atoms with Crippen LogP contribution >= 0.6 is 0 Å². The highest BCUT2D eigenvalue weighted by Crippen LogP contribution is 2.23. The first-order valence-corrected chi connectivity index (χ1v) is 8.86. The highest BCUT2D eigenvalue weighted by Gasteiger charge is 2.30. The summed E-state index contributed by atoms with van der Waals surface area (Å²) in [5.41, 5.74) is 0.554. The van der Waals surface area contributed by atoms with Crippen molar-refractivity contribution in [2.75, 3.05) is 24.6 Å². The van der Waals surface area contributed by atoms with Gasteiger partial charge in [0.15, 0.2) is 6.61 Å². The zero-order chi connectivity index (χ0) is 18.7. The van der Waals surface area contributed by atoms with Crippen LogP contribution in [0.1, 0.15) is 43.0 Å². The summed E-state index contributed by atoms with van der Waals surface area (Å²) in [4.78, 5) is 50.9. The van der Waals surface area contributed by atoms with Gasteiger partial charge in [0.1, 0.15) is 0 Å². The van der Waals surface area contributed by atoms with Gasteiger partial charge in [0.25, 0.3) is 5.91 Å². The largest absolute Gasteiger partial charge is 0.452 e. The number of imide groups is 1. The van der Waals surface area contributed by atoms with Gasteiger partial charge in [0, 0.05) is 25.9 Å². The molecule has 0 spiro atoms. The van der Waals surface area contributed by atoms with Gasteiger partial charge in [-0.15, -0.1) is 0 Å². The molecule has 0 aromatic heterocycles. The van der Waals surface area contributed by atoms with Crippen molar-refractivity contribution >= 4 is 29.4 Å². The van der Waals surface area contributed by atoms with E-state index in [0.29, 0.717) is 24.7 Å². The molecule has 2 fully saturated rings. The molecular formula is C19H22N2O5. The Morgan fingerprint density at radius 2 is 1.92 bits per heavy atom. The lowest BCUT2D eigenvalue weighted by molar-refractivity contribution is -0.136. The number of ether oxygens (including phenoxy) is 1. The molecule has 138 valence electrons. The van der Waals surface area contributed by atoms with Crippen molar-refractivity contribution in [3.05, 3.63) is 29.8 Å². The molecule has 0 aliphatic carbocycles. The number of hydrogen-bond acceptors (Lipinski definition) is 5. The van der Waals surface area contributed by atoms with Gasteiger partial charge in [-0.05, 0) is 37.0 Å². The number of carbonyl (C=O) groups is 4. The minimum atomic E-state index is -0.649. The topological polar surface area (TPSA) is 84.0 Å². The third kappa shape index (κ3) is 3.92.